The van der Waals surface area contributed by atoms with Crippen molar-refractivity contribution in [2.75, 3.05) is 13.2 Å². The molecular weight excluding hydrogens is 166 g/mol. The van der Waals surface area contributed by atoms with Crippen molar-refractivity contribution in [2.24, 2.45) is 5.73 Å². The van der Waals surface area contributed by atoms with Crippen LogP contribution in [0, 0.1) is 0 Å². The summed E-state index contributed by atoms with van der Waals surface area (Å²) in [5.74, 6) is 0. The first-order chi connectivity index (χ1) is 6.19. The molecule has 0 amide bonds. The van der Waals surface area contributed by atoms with Gasteiger partial charge in [-0.3, -0.25) is 0 Å². The van der Waals surface area contributed by atoms with Gasteiger partial charge in [-0.05, 0) is 19.8 Å². The molecule has 0 heterocycles. The average Bonchev–Trinajstić information content (AvgIpc) is 2.11. The van der Waals surface area contributed by atoms with Crippen molar-refractivity contribution in [3.8, 4) is 0 Å². The van der Waals surface area contributed by atoms with Gasteiger partial charge in [0, 0.05) is 25.7 Å². The zero-order valence-corrected chi connectivity index (χ0v) is 8.46. The Balaban J connectivity index is 2.33. The van der Waals surface area contributed by atoms with Crippen LogP contribution in [-0.2, 0) is 4.74 Å². The van der Waals surface area contributed by atoms with E-state index in [1.807, 2.05) is 6.92 Å². The minimum absolute atomic E-state index is 0.0540. The SMILES string of the molecule is CCOCCC1(O)CCCCC1N. The lowest BCUT2D eigenvalue weighted by molar-refractivity contribution is -0.0408. The van der Waals surface area contributed by atoms with Crippen LogP contribution in [-0.4, -0.2) is 30.0 Å². The second-order valence-electron chi connectivity index (χ2n) is 3.90. The van der Waals surface area contributed by atoms with E-state index >= 15 is 0 Å². The minimum Gasteiger partial charge on any atom is -0.388 e. The highest BCUT2D eigenvalue weighted by Gasteiger charge is 2.35. The van der Waals surface area contributed by atoms with E-state index in [4.69, 9.17) is 10.5 Å². The first kappa shape index (κ1) is 11.0. The fraction of sp³-hybridized carbons (Fsp3) is 1.00. The summed E-state index contributed by atoms with van der Waals surface area (Å²) in [5, 5.41) is 10.2. The van der Waals surface area contributed by atoms with Gasteiger partial charge in [-0.2, -0.15) is 0 Å². The number of aliphatic hydroxyl groups is 1. The first-order valence-electron chi connectivity index (χ1n) is 5.25. The van der Waals surface area contributed by atoms with Crippen LogP contribution in [0.2, 0.25) is 0 Å². The van der Waals surface area contributed by atoms with E-state index in [1.54, 1.807) is 0 Å². The molecule has 0 aromatic rings. The number of hydrogen-bond acceptors (Lipinski definition) is 3. The smallest absolute Gasteiger partial charge is 0.0819 e. The Hall–Kier alpha value is -0.120. The summed E-state index contributed by atoms with van der Waals surface area (Å²) in [6, 6.07) is -0.0540. The molecule has 1 saturated carbocycles. The van der Waals surface area contributed by atoms with E-state index in [-0.39, 0.29) is 6.04 Å². The highest BCUT2D eigenvalue weighted by Crippen LogP contribution is 2.29. The van der Waals surface area contributed by atoms with Crippen LogP contribution in [0.4, 0.5) is 0 Å². The third kappa shape index (κ3) is 2.93. The van der Waals surface area contributed by atoms with E-state index < -0.39 is 5.60 Å². The molecule has 1 aliphatic rings. The van der Waals surface area contributed by atoms with Crippen LogP contribution in [0.3, 0.4) is 0 Å². The maximum Gasteiger partial charge on any atom is 0.0819 e. The fourth-order valence-corrected chi connectivity index (χ4v) is 1.95. The van der Waals surface area contributed by atoms with Crippen molar-refractivity contribution in [1.82, 2.24) is 0 Å². The summed E-state index contributed by atoms with van der Waals surface area (Å²) >= 11 is 0. The Kier molecular flexibility index (Phi) is 4.16. The summed E-state index contributed by atoms with van der Waals surface area (Å²) < 4.78 is 5.23. The van der Waals surface area contributed by atoms with Crippen LogP contribution in [0.15, 0.2) is 0 Å². The molecule has 1 aliphatic carbocycles. The Morgan fingerprint density at radius 1 is 1.54 bits per heavy atom. The van der Waals surface area contributed by atoms with E-state index in [2.05, 4.69) is 0 Å². The van der Waals surface area contributed by atoms with Crippen molar-refractivity contribution in [3.05, 3.63) is 0 Å². The molecule has 0 aliphatic heterocycles. The highest BCUT2D eigenvalue weighted by atomic mass is 16.5. The van der Waals surface area contributed by atoms with E-state index in [0.29, 0.717) is 19.6 Å². The molecule has 0 radical (unpaired) electrons. The van der Waals surface area contributed by atoms with E-state index in [0.717, 1.165) is 25.7 Å². The van der Waals surface area contributed by atoms with Crippen molar-refractivity contribution in [3.63, 3.8) is 0 Å². The second kappa shape index (κ2) is 4.94. The van der Waals surface area contributed by atoms with Crippen LogP contribution < -0.4 is 5.73 Å². The molecule has 0 spiro atoms. The van der Waals surface area contributed by atoms with Gasteiger partial charge < -0.3 is 15.6 Å². The van der Waals surface area contributed by atoms with Crippen LogP contribution in [0.5, 0.6) is 0 Å². The van der Waals surface area contributed by atoms with E-state index in [1.165, 1.54) is 0 Å². The molecule has 13 heavy (non-hydrogen) atoms. The largest absolute Gasteiger partial charge is 0.388 e. The number of rotatable bonds is 4. The van der Waals surface area contributed by atoms with Gasteiger partial charge in [-0.15, -0.1) is 0 Å². The van der Waals surface area contributed by atoms with Crippen LogP contribution >= 0.6 is 0 Å². The van der Waals surface area contributed by atoms with Crippen LogP contribution in [0.25, 0.3) is 0 Å². The lowest BCUT2D eigenvalue weighted by Gasteiger charge is -2.37. The molecule has 3 N–H and O–H groups in total. The third-order valence-electron chi connectivity index (χ3n) is 2.95. The van der Waals surface area contributed by atoms with Gasteiger partial charge in [0.15, 0.2) is 0 Å². The van der Waals surface area contributed by atoms with Gasteiger partial charge in [-0.1, -0.05) is 12.8 Å². The molecule has 3 nitrogen and oxygen atoms in total. The molecule has 78 valence electrons. The molecule has 0 aromatic heterocycles. The molecule has 1 rings (SSSR count). The lowest BCUT2D eigenvalue weighted by Crippen LogP contribution is -2.50. The maximum absolute atomic E-state index is 10.2. The average molecular weight is 187 g/mol. The molecule has 3 heteroatoms. The summed E-state index contributed by atoms with van der Waals surface area (Å²) in [7, 11) is 0. The molecular formula is C10H21NO2. The Bertz CT molecular complexity index is 152. The molecule has 0 bridgehead atoms. The Morgan fingerprint density at radius 2 is 2.31 bits per heavy atom. The topological polar surface area (TPSA) is 55.5 Å². The predicted molar refractivity (Wildman–Crippen MR) is 52.5 cm³/mol. The quantitative estimate of drug-likeness (QED) is 0.647. The molecule has 0 aromatic carbocycles. The monoisotopic (exact) mass is 187 g/mol. The van der Waals surface area contributed by atoms with Gasteiger partial charge in [0.05, 0.1) is 5.60 Å². The molecule has 2 atom stereocenters. The van der Waals surface area contributed by atoms with Gasteiger partial charge in [0.2, 0.25) is 0 Å². The lowest BCUT2D eigenvalue weighted by atomic mass is 9.79. The van der Waals surface area contributed by atoms with Crippen molar-refractivity contribution in [2.45, 2.75) is 50.7 Å². The summed E-state index contributed by atoms with van der Waals surface area (Å²) in [4.78, 5) is 0. The maximum atomic E-state index is 10.2. The van der Waals surface area contributed by atoms with Crippen molar-refractivity contribution < 1.29 is 9.84 Å². The second-order valence-corrected chi connectivity index (χ2v) is 3.90. The van der Waals surface area contributed by atoms with Crippen molar-refractivity contribution in [1.29, 1.82) is 0 Å². The van der Waals surface area contributed by atoms with Gasteiger partial charge in [0.25, 0.3) is 0 Å². The summed E-state index contributed by atoms with van der Waals surface area (Å²) in [5.41, 5.74) is 5.23. The van der Waals surface area contributed by atoms with E-state index in [9.17, 15) is 5.11 Å². The number of hydrogen-bond donors (Lipinski definition) is 2. The minimum atomic E-state index is -0.659. The zero-order chi connectivity index (χ0) is 9.73. The third-order valence-corrected chi connectivity index (χ3v) is 2.95. The Morgan fingerprint density at radius 3 is 2.92 bits per heavy atom. The summed E-state index contributed by atoms with van der Waals surface area (Å²) in [6.45, 7) is 3.30. The zero-order valence-electron chi connectivity index (χ0n) is 8.46. The molecule has 1 fully saturated rings. The van der Waals surface area contributed by atoms with Gasteiger partial charge in [-0.25, -0.2) is 0 Å². The van der Waals surface area contributed by atoms with Crippen molar-refractivity contribution >= 4 is 0 Å². The normalized spacial score (nSPS) is 34.8. The number of nitrogens with two attached hydrogens (primary N) is 1. The molecule has 0 saturated heterocycles. The van der Waals surface area contributed by atoms with Crippen LogP contribution in [0.1, 0.15) is 39.0 Å². The number of ether oxygens (including phenoxy) is 1. The summed E-state index contributed by atoms with van der Waals surface area (Å²) in [6.07, 6.45) is 4.71. The Labute approximate surface area is 80.3 Å². The predicted octanol–water partition coefficient (Wildman–Crippen LogP) is 1.05. The first-order valence-corrected chi connectivity index (χ1v) is 5.25. The van der Waals surface area contributed by atoms with Gasteiger partial charge >= 0.3 is 0 Å². The fourth-order valence-electron chi connectivity index (χ4n) is 1.95. The molecule has 2 unspecified atom stereocenters. The van der Waals surface area contributed by atoms with Gasteiger partial charge in [0.1, 0.15) is 0 Å². The standard InChI is InChI=1S/C10H21NO2/c1-2-13-8-7-10(12)6-4-3-5-9(10)11/h9,12H,2-8,11H2,1H3. The highest BCUT2D eigenvalue weighted by molar-refractivity contribution is 4.92.